The van der Waals surface area contributed by atoms with Crippen molar-refractivity contribution in [3.05, 3.63) is 18.0 Å². The van der Waals surface area contributed by atoms with Crippen molar-refractivity contribution in [2.75, 3.05) is 5.73 Å². The largest absolute Gasteiger partial charge is 0.397 e. The molecule has 0 aliphatic heterocycles. The van der Waals surface area contributed by atoms with E-state index < -0.39 is 0 Å². The van der Waals surface area contributed by atoms with Crippen LogP contribution >= 0.6 is 0 Å². The van der Waals surface area contributed by atoms with Gasteiger partial charge in [-0.15, -0.1) is 0 Å². The number of hydrogen-bond donors (Lipinski definition) is 2. The number of nitrogen functional groups attached to an aromatic ring is 1. The molecule has 4 heteroatoms. The maximum absolute atomic E-state index is 12.5. The van der Waals surface area contributed by atoms with Crippen LogP contribution in [0.1, 0.15) is 55.1 Å². The molecular weight excluding hydrogens is 238 g/mol. The van der Waals surface area contributed by atoms with Crippen LogP contribution in [0, 0.1) is 11.8 Å². The number of rotatable bonds is 5. The van der Waals surface area contributed by atoms with Crippen molar-refractivity contribution in [1.29, 1.82) is 0 Å². The molecule has 3 aliphatic carbocycles. The van der Waals surface area contributed by atoms with Gasteiger partial charge in [0.1, 0.15) is 5.69 Å². The fourth-order valence-corrected chi connectivity index (χ4v) is 3.09. The van der Waals surface area contributed by atoms with Crippen molar-refractivity contribution in [2.45, 2.75) is 50.6 Å². The summed E-state index contributed by atoms with van der Waals surface area (Å²) in [6.45, 7) is 0. The van der Waals surface area contributed by atoms with Crippen LogP contribution in [0.15, 0.2) is 12.3 Å². The third-order valence-corrected chi connectivity index (χ3v) is 4.60. The molecule has 3 fully saturated rings. The molecule has 3 N–H and O–H groups in total. The molecule has 0 aromatic carbocycles. The Labute approximate surface area is 113 Å². The van der Waals surface area contributed by atoms with E-state index in [1.165, 1.54) is 38.5 Å². The molecule has 1 amide bonds. The molecule has 0 radical (unpaired) electrons. The van der Waals surface area contributed by atoms with Gasteiger partial charge in [0.05, 0.1) is 5.69 Å². The summed E-state index contributed by atoms with van der Waals surface area (Å²) in [6, 6.07) is 2.74. The van der Waals surface area contributed by atoms with Crippen molar-refractivity contribution in [2.24, 2.45) is 11.8 Å². The van der Waals surface area contributed by atoms with Gasteiger partial charge in [0.15, 0.2) is 0 Å². The fraction of sp³-hybridized carbons (Fsp3) is 0.667. The van der Waals surface area contributed by atoms with E-state index in [4.69, 9.17) is 5.73 Å². The molecule has 1 aromatic heterocycles. The molecule has 3 saturated carbocycles. The molecule has 0 unspecified atom stereocenters. The summed E-state index contributed by atoms with van der Waals surface area (Å²) in [6.07, 6.45) is 9.39. The number of carbonyl (C=O) groups excluding carboxylic acids is 1. The average molecular weight is 259 g/mol. The summed E-state index contributed by atoms with van der Waals surface area (Å²) in [5, 5.41) is 3.28. The van der Waals surface area contributed by atoms with Gasteiger partial charge in [-0.1, -0.05) is 0 Å². The van der Waals surface area contributed by atoms with E-state index in [1.54, 1.807) is 0 Å². The van der Waals surface area contributed by atoms with E-state index in [-0.39, 0.29) is 5.91 Å². The predicted octanol–water partition coefficient (Wildman–Crippen LogP) is 2.32. The van der Waals surface area contributed by atoms with E-state index in [0.29, 0.717) is 17.8 Å². The molecule has 1 heterocycles. The zero-order valence-corrected chi connectivity index (χ0v) is 11.1. The Morgan fingerprint density at radius 2 is 1.84 bits per heavy atom. The summed E-state index contributed by atoms with van der Waals surface area (Å²) in [5.74, 6) is 1.55. The molecular formula is C15H21N3O. The highest BCUT2D eigenvalue weighted by atomic mass is 16.2. The van der Waals surface area contributed by atoms with E-state index >= 15 is 0 Å². The Morgan fingerprint density at radius 3 is 2.37 bits per heavy atom. The number of nitrogens with two attached hydrogens (primary N) is 1. The summed E-state index contributed by atoms with van der Waals surface area (Å²) < 4.78 is 2.07. The van der Waals surface area contributed by atoms with Gasteiger partial charge in [0.25, 0.3) is 5.91 Å². The first-order valence-corrected chi connectivity index (χ1v) is 7.50. The molecule has 4 nitrogen and oxygen atoms in total. The van der Waals surface area contributed by atoms with Gasteiger partial charge in [-0.3, -0.25) is 4.79 Å². The highest BCUT2D eigenvalue weighted by Gasteiger charge is 2.42. The fourth-order valence-electron chi connectivity index (χ4n) is 3.09. The van der Waals surface area contributed by atoms with Crippen LogP contribution in [0.5, 0.6) is 0 Å². The van der Waals surface area contributed by atoms with E-state index in [9.17, 15) is 4.79 Å². The van der Waals surface area contributed by atoms with Gasteiger partial charge >= 0.3 is 0 Å². The van der Waals surface area contributed by atoms with Crippen LogP contribution in [0.25, 0.3) is 0 Å². The van der Waals surface area contributed by atoms with Gasteiger partial charge in [0, 0.05) is 18.3 Å². The minimum absolute atomic E-state index is 0.0763. The Bertz CT molecular complexity index is 497. The number of nitrogens with one attached hydrogen (secondary N) is 1. The van der Waals surface area contributed by atoms with Gasteiger partial charge in [-0.25, -0.2) is 0 Å². The minimum Gasteiger partial charge on any atom is -0.397 e. The Morgan fingerprint density at radius 1 is 1.21 bits per heavy atom. The van der Waals surface area contributed by atoms with Crippen molar-refractivity contribution in [1.82, 2.24) is 9.88 Å². The number of hydrogen-bond acceptors (Lipinski definition) is 2. The maximum Gasteiger partial charge on any atom is 0.268 e. The van der Waals surface area contributed by atoms with Gasteiger partial charge in [0.2, 0.25) is 0 Å². The van der Waals surface area contributed by atoms with Crippen LogP contribution < -0.4 is 11.1 Å². The Kier molecular flexibility index (Phi) is 2.41. The van der Waals surface area contributed by atoms with Crippen molar-refractivity contribution in [3.63, 3.8) is 0 Å². The molecule has 0 bridgehead atoms. The monoisotopic (exact) mass is 259 g/mol. The molecule has 1 aromatic rings. The first-order valence-electron chi connectivity index (χ1n) is 7.50. The quantitative estimate of drug-likeness (QED) is 0.852. The second-order valence-electron chi connectivity index (χ2n) is 6.47. The zero-order chi connectivity index (χ0) is 13.0. The van der Waals surface area contributed by atoms with E-state index in [0.717, 1.165) is 17.5 Å². The lowest BCUT2D eigenvalue weighted by Gasteiger charge is -2.18. The third-order valence-electron chi connectivity index (χ3n) is 4.60. The van der Waals surface area contributed by atoms with Crippen molar-refractivity contribution in [3.8, 4) is 0 Å². The van der Waals surface area contributed by atoms with Gasteiger partial charge in [-0.05, 0) is 56.4 Å². The molecule has 4 rings (SSSR count). The maximum atomic E-state index is 12.5. The van der Waals surface area contributed by atoms with Crippen LogP contribution in [-0.4, -0.2) is 16.5 Å². The number of aromatic nitrogens is 1. The number of nitrogens with zero attached hydrogens (tertiary/aromatic N) is 1. The normalized spacial score (nSPS) is 22.8. The summed E-state index contributed by atoms with van der Waals surface area (Å²) in [4.78, 5) is 12.5. The topological polar surface area (TPSA) is 60.1 Å². The van der Waals surface area contributed by atoms with E-state index in [1.807, 2.05) is 12.3 Å². The predicted molar refractivity (Wildman–Crippen MR) is 73.8 cm³/mol. The van der Waals surface area contributed by atoms with Crippen LogP contribution in [0.2, 0.25) is 0 Å². The standard InChI is InChI=1S/C15H21N3O/c16-11-7-13(18(8-11)12-5-6-12)15(19)17-14(9-1-2-9)10-3-4-10/h7-10,12,14H,1-6,16H2,(H,17,19). The highest BCUT2D eigenvalue weighted by Crippen LogP contribution is 2.44. The summed E-state index contributed by atoms with van der Waals surface area (Å²) in [7, 11) is 0. The number of carbonyl (C=O) groups is 1. The minimum atomic E-state index is 0.0763. The average Bonchev–Trinajstić information content (AvgIpc) is 3.27. The lowest BCUT2D eigenvalue weighted by Crippen LogP contribution is -2.38. The molecule has 0 spiro atoms. The number of anilines is 1. The Balaban J connectivity index is 1.52. The van der Waals surface area contributed by atoms with Gasteiger partial charge < -0.3 is 15.6 Å². The van der Waals surface area contributed by atoms with Crippen LogP contribution in [-0.2, 0) is 0 Å². The molecule has 0 atom stereocenters. The molecule has 102 valence electrons. The summed E-state index contributed by atoms with van der Waals surface area (Å²) >= 11 is 0. The van der Waals surface area contributed by atoms with Crippen LogP contribution in [0.3, 0.4) is 0 Å². The van der Waals surface area contributed by atoms with Crippen LogP contribution in [0.4, 0.5) is 5.69 Å². The first-order chi connectivity index (χ1) is 9.22. The Hall–Kier alpha value is -1.45. The second kappa shape index (κ2) is 4.02. The van der Waals surface area contributed by atoms with E-state index in [2.05, 4.69) is 9.88 Å². The van der Waals surface area contributed by atoms with Gasteiger partial charge in [-0.2, -0.15) is 0 Å². The molecule has 3 aliphatic rings. The molecule has 19 heavy (non-hydrogen) atoms. The van der Waals surface area contributed by atoms with Crippen molar-refractivity contribution >= 4 is 11.6 Å². The lowest BCUT2D eigenvalue weighted by atomic mass is 10.1. The third kappa shape index (κ3) is 2.24. The SMILES string of the molecule is Nc1cc(C(=O)NC(C2CC2)C2CC2)n(C2CC2)c1. The van der Waals surface area contributed by atoms with Crippen molar-refractivity contribution < 1.29 is 4.79 Å². The zero-order valence-electron chi connectivity index (χ0n) is 11.1. The highest BCUT2D eigenvalue weighted by molar-refractivity contribution is 5.94. The first kappa shape index (κ1) is 11.4. The molecule has 0 saturated heterocycles. The second-order valence-corrected chi connectivity index (χ2v) is 6.47. The summed E-state index contributed by atoms with van der Waals surface area (Å²) in [5.41, 5.74) is 7.31. The lowest BCUT2D eigenvalue weighted by molar-refractivity contribution is 0.0916. The smallest absolute Gasteiger partial charge is 0.268 e. The number of amides is 1.